The fourth-order valence-corrected chi connectivity index (χ4v) is 4.19. The van der Waals surface area contributed by atoms with Crippen molar-refractivity contribution in [3.8, 4) is 0 Å². The summed E-state index contributed by atoms with van der Waals surface area (Å²) in [5, 5.41) is 0. The average molecular weight is 293 g/mol. The maximum Gasteiger partial charge on any atom is 0.120 e. The van der Waals surface area contributed by atoms with Crippen molar-refractivity contribution in [3.63, 3.8) is 0 Å². The number of hydrogen-bond donors (Lipinski definition) is 0. The van der Waals surface area contributed by atoms with Crippen LogP contribution < -0.4 is 0 Å². The van der Waals surface area contributed by atoms with Crippen LogP contribution in [0.15, 0.2) is 60.7 Å². The van der Waals surface area contributed by atoms with Gasteiger partial charge in [-0.2, -0.15) is 0 Å². The summed E-state index contributed by atoms with van der Waals surface area (Å²) in [4.78, 5) is 2.63. The molecule has 0 saturated carbocycles. The number of rotatable bonds is 2. The Kier molecular flexibility index (Phi) is 3.51. The lowest BCUT2D eigenvalue weighted by molar-refractivity contribution is -0.117. The van der Waals surface area contributed by atoms with Gasteiger partial charge in [0.25, 0.3) is 0 Å². The summed E-state index contributed by atoms with van der Waals surface area (Å²) >= 11 is 0. The molecule has 0 spiro atoms. The molecule has 4 rings (SSSR count). The van der Waals surface area contributed by atoms with E-state index in [1.54, 1.807) is 0 Å². The smallest absolute Gasteiger partial charge is 0.120 e. The number of benzene rings is 2. The molecule has 0 N–H and O–H groups in total. The molecule has 0 bridgehead atoms. The van der Waals surface area contributed by atoms with E-state index in [4.69, 9.17) is 4.74 Å². The zero-order valence-corrected chi connectivity index (χ0v) is 13.1. The molecule has 2 saturated heterocycles. The highest BCUT2D eigenvalue weighted by Crippen LogP contribution is 2.50. The number of piperidine rings is 1. The zero-order chi connectivity index (χ0) is 15.0. The van der Waals surface area contributed by atoms with Gasteiger partial charge in [-0.05, 0) is 37.3 Å². The van der Waals surface area contributed by atoms with Crippen LogP contribution in [-0.4, -0.2) is 17.2 Å². The quantitative estimate of drug-likeness (QED) is 0.795. The van der Waals surface area contributed by atoms with Crippen LogP contribution in [0.25, 0.3) is 0 Å². The van der Waals surface area contributed by atoms with Crippen LogP contribution in [0, 0.1) is 0 Å². The van der Waals surface area contributed by atoms with Gasteiger partial charge in [0.05, 0.1) is 12.6 Å². The molecule has 2 aromatic rings. The molecule has 0 amide bonds. The molecule has 2 nitrogen and oxygen atoms in total. The van der Waals surface area contributed by atoms with Crippen LogP contribution in [0.2, 0.25) is 0 Å². The lowest BCUT2D eigenvalue weighted by Crippen LogP contribution is -2.48. The van der Waals surface area contributed by atoms with Crippen molar-refractivity contribution >= 4 is 0 Å². The summed E-state index contributed by atoms with van der Waals surface area (Å²) in [6.45, 7) is 3.06. The van der Waals surface area contributed by atoms with E-state index in [1.807, 2.05) is 0 Å². The standard InChI is InChI=1S/C20H23NO/c1-20-14-8-13-18(16-9-4-2-5-10-16)21(20)19(15-22-20)17-11-6-3-7-12-17/h2-7,9-12,18-19H,8,13-15H2,1H3/t18-,19+,20+/m0/s1. The second kappa shape index (κ2) is 5.53. The first-order chi connectivity index (χ1) is 10.8. The van der Waals surface area contributed by atoms with E-state index < -0.39 is 0 Å². The summed E-state index contributed by atoms with van der Waals surface area (Å²) in [7, 11) is 0. The maximum absolute atomic E-state index is 6.29. The Bertz CT molecular complexity index is 627. The molecule has 2 aliphatic rings. The second-order valence-electron chi connectivity index (χ2n) is 6.64. The lowest BCUT2D eigenvalue weighted by Gasteiger charge is -2.46. The van der Waals surface area contributed by atoms with Gasteiger partial charge in [-0.3, -0.25) is 4.90 Å². The molecule has 2 heteroatoms. The zero-order valence-electron chi connectivity index (χ0n) is 13.1. The molecule has 114 valence electrons. The lowest BCUT2D eigenvalue weighted by atomic mass is 9.87. The molecule has 0 radical (unpaired) electrons. The Morgan fingerprint density at radius 1 is 0.909 bits per heavy atom. The highest BCUT2D eigenvalue weighted by Gasteiger charge is 2.50. The molecule has 0 aromatic heterocycles. The fraction of sp³-hybridized carbons (Fsp3) is 0.400. The molecule has 2 fully saturated rings. The van der Waals surface area contributed by atoms with Crippen LogP contribution in [0.4, 0.5) is 0 Å². The minimum absolute atomic E-state index is 0.126. The van der Waals surface area contributed by atoms with Crippen molar-refractivity contribution in [2.24, 2.45) is 0 Å². The minimum Gasteiger partial charge on any atom is -0.359 e. The highest BCUT2D eigenvalue weighted by molar-refractivity contribution is 5.25. The minimum atomic E-state index is -0.126. The fourth-order valence-electron chi connectivity index (χ4n) is 4.19. The molecule has 3 atom stereocenters. The number of hydrogen-bond acceptors (Lipinski definition) is 2. The van der Waals surface area contributed by atoms with Crippen LogP contribution in [0.3, 0.4) is 0 Å². The molecular weight excluding hydrogens is 270 g/mol. The molecular formula is C20H23NO. The van der Waals surface area contributed by atoms with Crippen molar-refractivity contribution in [1.82, 2.24) is 4.90 Å². The summed E-state index contributed by atoms with van der Waals surface area (Å²) in [6, 6.07) is 22.5. The molecule has 22 heavy (non-hydrogen) atoms. The first-order valence-electron chi connectivity index (χ1n) is 8.30. The van der Waals surface area contributed by atoms with Gasteiger partial charge < -0.3 is 4.74 Å². The predicted molar refractivity (Wildman–Crippen MR) is 88.4 cm³/mol. The number of nitrogens with zero attached hydrogens (tertiary/aromatic N) is 1. The van der Waals surface area contributed by atoms with Crippen molar-refractivity contribution in [3.05, 3.63) is 71.8 Å². The van der Waals surface area contributed by atoms with Crippen LogP contribution >= 0.6 is 0 Å². The summed E-state index contributed by atoms with van der Waals surface area (Å²) < 4.78 is 6.29. The van der Waals surface area contributed by atoms with Gasteiger partial charge in [-0.1, -0.05) is 60.7 Å². The van der Waals surface area contributed by atoms with E-state index in [1.165, 1.54) is 24.0 Å². The monoisotopic (exact) mass is 293 g/mol. The van der Waals surface area contributed by atoms with E-state index in [0.29, 0.717) is 12.1 Å². The Morgan fingerprint density at radius 3 is 2.14 bits per heavy atom. The van der Waals surface area contributed by atoms with Gasteiger partial charge in [0, 0.05) is 6.04 Å². The summed E-state index contributed by atoms with van der Waals surface area (Å²) in [6.07, 6.45) is 3.57. The van der Waals surface area contributed by atoms with Crippen molar-refractivity contribution < 1.29 is 4.74 Å². The topological polar surface area (TPSA) is 12.5 Å². The maximum atomic E-state index is 6.29. The Morgan fingerprint density at radius 2 is 1.50 bits per heavy atom. The van der Waals surface area contributed by atoms with Gasteiger partial charge in [0.2, 0.25) is 0 Å². The molecule has 2 aromatic carbocycles. The van der Waals surface area contributed by atoms with Crippen molar-refractivity contribution in [1.29, 1.82) is 0 Å². The third kappa shape index (κ3) is 2.27. The van der Waals surface area contributed by atoms with Gasteiger partial charge in [-0.25, -0.2) is 0 Å². The highest BCUT2D eigenvalue weighted by atomic mass is 16.5. The summed E-state index contributed by atoms with van der Waals surface area (Å²) in [5.41, 5.74) is 2.66. The van der Waals surface area contributed by atoms with Crippen LogP contribution in [0.1, 0.15) is 49.4 Å². The largest absolute Gasteiger partial charge is 0.359 e. The van der Waals surface area contributed by atoms with Crippen molar-refractivity contribution in [2.75, 3.05) is 6.61 Å². The van der Waals surface area contributed by atoms with Gasteiger partial charge in [0.15, 0.2) is 0 Å². The SMILES string of the molecule is C[C@@]12CCC[C@@H](c3ccccc3)N1[C@@H](c1ccccc1)CO2. The van der Waals surface area contributed by atoms with Crippen LogP contribution in [0.5, 0.6) is 0 Å². The normalized spacial score (nSPS) is 31.9. The van der Waals surface area contributed by atoms with E-state index in [2.05, 4.69) is 72.5 Å². The Balaban J connectivity index is 1.74. The van der Waals surface area contributed by atoms with E-state index in [-0.39, 0.29) is 5.72 Å². The van der Waals surface area contributed by atoms with Gasteiger partial charge >= 0.3 is 0 Å². The van der Waals surface area contributed by atoms with Gasteiger partial charge in [-0.15, -0.1) is 0 Å². The third-order valence-electron chi connectivity index (χ3n) is 5.26. The number of ether oxygens (including phenoxy) is 1. The first kappa shape index (κ1) is 14.0. The average Bonchev–Trinajstić information content (AvgIpc) is 2.94. The van der Waals surface area contributed by atoms with E-state index >= 15 is 0 Å². The molecule has 0 unspecified atom stereocenters. The molecule has 0 aliphatic carbocycles. The summed E-state index contributed by atoms with van der Waals surface area (Å²) in [5.74, 6) is 0. The number of fused-ring (bicyclic) bond motifs is 1. The van der Waals surface area contributed by atoms with Crippen molar-refractivity contribution in [2.45, 2.75) is 44.0 Å². The molecule has 2 heterocycles. The molecule has 2 aliphatic heterocycles. The second-order valence-corrected chi connectivity index (χ2v) is 6.64. The Labute approximate surface area is 132 Å². The third-order valence-corrected chi connectivity index (χ3v) is 5.26. The van der Waals surface area contributed by atoms with E-state index in [9.17, 15) is 0 Å². The van der Waals surface area contributed by atoms with Crippen LogP contribution in [-0.2, 0) is 4.74 Å². The Hall–Kier alpha value is -1.64. The van der Waals surface area contributed by atoms with E-state index in [0.717, 1.165) is 13.0 Å². The van der Waals surface area contributed by atoms with Gasteiger partial charge in [0.1, 0.15) is 5.72 Å². The first-order valence-corrected chi connectivity index (χ1v) is 8.30. The predicted octanol–water partition coefficient (Wildman–Crippen LogP) is 4.70.